The average molecular weight is 433 g/mol. The maximum atomic E-state index is 10.2. The highest BCUT2D eigenvalue weighted by Crippen LogP contribution is 2.30. The molecule has 0 radical (unpaired) electrons. The number of phenolic OH excluding ortho intramolecular Hbond substituents is 1. The molecular weight excluding hydrogens is 405 g/mol. The van der Waals surface area contributed by atoms with Crippen LogP contribution in [-0.2, 0) is 24.1 Å². The molecule has 1 aromatic rings. The summed E-state index contributed by atoms with van der Waals surface area (Å²) in [4.78, 5) is 4.22. The number of aliphatic imine (C=N–C) groups is 1. The molecule has 0 fully saturated rings. The number of fused-ring (bicyclic) bond motifs is 1. The van der Waals surface area contributed by atoms with Crippen molar-refractivity contribution >= 4 is 29.9 Å². The predicted octanol–water partition coefficient (Wildman–Crippen LogP) is 2.59. The molecule has 2 rings (SSSR count). The molecule has 1 aliphatic rings. The summed E-state index contributed by atoms with van der Waals surface area (Å²) in [5.74, 6) is 1.09. The lowest BCUT2D eigenvalue weighted by Gasteiger charge is -2.22. The third-order valence-electron chi connectivity index (χ3n) is 4.08. The van der Waals surface area contributed by atoms with Gasteiger partial charge in [0.1, 0.15) is 5.75 Å². The van der Waals surface area contributed by atoms with Crippen molar-refractivity contribution in [1.82, 2.24) is 10.6 Å². The SMILES string of the molecule is CN=C(NCc1c(O)ccc2c1CCCC2)NC(C)COC.I. The van der Waals surface area contributed by atoms with Crippen LogP contribution in [0, 0.1) is 0 Å². The van der Waals surface area contributed by atoms with E-state index in [2.05, 4.69) is 21.7 Å². The molecule has 0 aliphatic heterocycles. The van der Waals surface area contributed by atoms with Crippen LogP contribution in [0.4, 0.5) is 0 Å². The zero-order valence-electron chi connectivity index (χ0n) is 14.2. The molecule has 1 atom stereocenters. The van der Waals surface area contributed by atoms with Crippen molar-refractivity contribution in [1.29, 1.82) is 0 Å². The van der Waals surface area contributed by atoms with E-state index in [1.54, 1.807) is 14.2 Å². The Morgan fingerprint density at radius 3 is 2.78 bits per heavy atom. The number of methoxy groups -OCH3 is 1. The fraction of sp³-hybridized carbons (Fsp3) is 0.588. The van der Waals surface area contributed by atoms with E-state index in [9.17, 15) is 5.11 Å². The number of nitrogens with one attached hydrogen (secondary N) is 2. The van der Waals surface area contributed by atoms with E-state index in [-0.39, 0.29) is 30.0 Å². The van der Waals surface area contributed by atoms with Crippen LogP contribution in [0.5, 0.6) is 5.75 Å². The number of ether oxygens (including phenoxy) is 1. The lowest BCUT2D eigenvalue weighted by atomic mass is 9.88. The first-order valence-electron chi connectivity index (χ1n) is 7.94. The minimum absolute atomic E-state index is 0. The van der Waals surface area contributed by atoms with E-state index in [1.807, 2.05) is 13.0 Å². The van der Waals surface area contributed by atoms with Crippen molar-refractivity contribution in [3.05, 3.63) is 28.8 Å². The van der Waals surface area contributed by atoms with Gasteiger partial charge in [-0.25, -0.2) is 0 Å². The molecule has 3 N–H and O–H groups in total. The van der Waals surface area contributed by atoms with Crippen LogP contribution in [0.2, 0.25) is 0 Å². The normalized spacial score (nSPS) is 15.3. The molecule has 130 valence electrons. The molecule has 0 heterocycles. The Morgan fingerprint density at radius 2 is 2.09 bits per heavy atom. The van der Waals surface area contributed by atoms with Crippen molar-refractivity contribution in [2.45, 2.75) is 45.2 Å². The number of aromatic hydroxyl groups is 1. The van der Waals surface area contributed by atoms with Gasteiger partial charge in [0.05, 0.1) is 6.61 Å². The van der Waals surface area contributed by atoms with Gasteiger partial charge in [-0.05, 0) is 49.8 Å². The Balaban J connectivity index is 0.00000264. The van der Waals surface area contributed by atoms with Crippen LogP contribution in [-0.4, -0.2) is 37.9 Å². The van der Waals surface area contributed by atoms with Crippen molar-refractivity contribution in [3.8, 4) is 5.75 Å². The zero-order chi connectivity index (χ0) is 15.9. The summed E-state index contributed by atoms with van der Waals surface area (Å²) in [6.45, 7) is 3.24. The molecule has 0 bridgehead atoms. The van der Waals surface area contributed by atoms with Gasteiger partial charge in [0.25, 0.3) is 0 Å². The molecule has 6 heteroatoms. The first kappa shape index (κ1) is 20.0. The van der Waals surface area contributed by atoms with Gasteiger partial charge in [0, 0.05) is 32.3 Å². The highest BCUT2D eigenvalue weighted by Gasteiger charge is 2.16. The van der Waals surface area contributed by atoms with Crippen LogP contribution in [0.25, 0.3) is 0 Å². The second-order valence-corrected chi connectivity index (χ2v) is 5.83. The lowest BCUT2D eigenvalue weighted by Crippen LogP contribution is -2.43. The van der Waals surface area contributed by atoms with Crippen molar-refractivity contribution in [2.24, 2.45) is 4.99 Å². The maximum Gasteiger partial charge on any atom is 0.191 e. The highest BCUT2D eigenvalue weighted by atomic mass is 127. The number of hydrogen-bond acceptors (Lipinski definition) is 3. The molecule has 23 heavy (non-hydrogen) atoms. The zero-order valence-corrected chi connectivity index (χ0v) is 16.5. The van der Waals surface area contributed by atoms with E-state index in [0.29, 0.717) is 18.9 Å². The van der Waals surface area contributed by atoms with E-state index >= 15 is 0 Å². The molecule has 0 spiro atoms. The van der Waals surface area contributed by atoms with Gasteiger partial charge in [-0.2, -0.15) is 0 Å². The summed E-state index contributed by atoms with van der Waals surface area (Å²) in [5.41, 5.74) is 3.68. The number of hydrogen-bond donors (Lipinski definition) is 3. The number of guanidine groups is 1. The largest absolute Gasteiger partial charge is 0.508 e. The molecule has 1 aromatic carbocycles. The second-order valence-electron chi connectivity index (χ2n) is 5.83. The summed E-state index contributed by atoms with van der Waals surface area (Å²) >= 11 is 0. The molecule has 0 saturated heterocycles. The predicted molar refractivity (Wildman–Crippen MR) is 105 cm³/mol. The van der Waals surface area contributed by atoms with Gasteiger partial charge in [-0.15, -0.1) is 24.0 Å². The molecule has 0 saturated carbocycles. The fourth-order valence-electron chi connectivity index (χ4n) is 2.98. The molecule has 1 unspecified atom stereocenters. The summed E-state index contributed by atoms with van der Waals surface area (Å²) < 4.78 is 5.12. The Bertz CT molecular complexity index is 535. The van der Waals surface area contributed by atoms with E-state index in [0.717, 1.165) is 24.4 Å². The summed E-state index contributed by atoms with van der Waals surface area (Å²) in [7, 11) is 3.43. The molecule has 5 nitrogen and oxygen atoms in total. The summed E-state index contributed by atoms with van der Waals surface area (Å²) in [6, 6.07) is 4.04. The van der Waals surface area contributed by atoms with Crippen LogP contribution in [0.1, 0.15) is 36.5 Å². The third-order valence-corrected chi connectivity index (χ3v) is 4.08. The Labute approximate surface area is 155 Å². The van der Waals surface area contributed by atoms with E-state index in [1.165, 1.54) is 24.0 Å². The summed E-state index contributed by atoms with van der Waals surface area (Å²) in [6.07, 6.45) is 4.59. The minimum Gasteiger partial charge on any atom is -0.508 e. The Kier molecular flexibility index (Phi) is 8.68. The Hall–Kier alpha value is -1.02. The van der Waals surface area contributed by atoms with Crippen LogP contribution in [0.15, 0.2) is 17.1 Å². The second kappa shape index (κ2) is 9.97. The monoisotopic (exact) mass is 433 g/mol. The Morgan fingerprint density at radius 1 is 1.35 bits per heavy atom. The van der Waals surface area contributed by atoms with Crippen molar-refractivity contribution < 1.29 is 9.84 Å². The lowest BCUT2D eigenvalue weighted by molar-refractivity contribution is 0.179. The van der Waals surface area contributed by atoms with Gasteiger partial charge in [0.15, 0.2) is 5.96 Å². The number of aryl methyl sites for hydroxylation is 1. The minimum atomic E-state index is 0. The first-order valence-corrected chi connectivity index (χ1v) is 7.94. The van der Waals surface area contributed by atoms with Crippen molar-refractivity contribution in [2.75, 3.05) is 20.8 Å². The topological polar surface area (TPSA) is 65.9 Å². The van der Waals surface area contributed by atoms with Crippen LogP contribution >= 0.6 is 24.0 Å². The van der Waals surface area contributed by atoms with Gasteiger partial charge in [-0.3, -0.25) is 4.99 Å². The fourth-order valence-corrected chi connectivity index (χ4v) is 2.98. The quantitative estimate of drug-likeness (QED) is 0.380. The standard InChI is InChI=1S/C17H27N3O2.HI/c1-12(11-22-3)20-17(18-2)19-10-15-14-7-5-4-6-13(14)8-9-16(15)21;/h8-9,12,21H,4-7,10-11H2,1-3H3,(H2,18,19,20);1H. The van der Waals surface area contributed by atoms with Crippen LogP contribution in [0.3, 0.4) is 0 Å². The number of rotatable bonds is 5. The number of halogens is 1. The maximum absolute atomic E-state index is 10.2. The van der Waals surface area contributed by atoms with E-state index in [4.69, 9.17) is 4.74 Å². The van der Waals surface area contributed by atoms with Gasteiger partial charge in [-0.1, -0.05) is 6.07 Å². The molecule has 0 aromatic heterocycles. The van der Waals surface area contributed by atoms with E-state index < -0.39 is 0 Å². The molecule has 0 amide bonds. The van der Waals surface area contributed by atoms with Gasteiger partial charge >= 0.3 is 0 Å². The third kappa shape index (κ3) is 5.53. The van der Waals surface area contributed by atoms with Gasteiger partial charge < -0.3 is 20.5 Å². The summed E-state index contributed by atoms with van der Waals surface area (Å²) in [5, 5.41) is 16.8. The molecular formula is C17H28IN3O2. The average Bonchev–Trinajstić information content (AvgIpc) is 2.53. The molecule has 1 aliphatic carbocycles. The van der Waals surface area contributed by atoms with Crippen molar-refractivity contribution in [3.63, 3.8) is 0 Å². The first-order chi connectivity index (χ1) is 10.7. The number of benzene rings is 1. The number of phenols is 1. The number of nitrogens with zero attached hydrogens (tertiary/aromatic N) is 1. The smallest absolute Gasteiger partial charge is 0.191 e. The van der Waals surface area contributed by atoms with Gasteiger partial charge in [0.2, 0.25) is 0 Å². The van der Waals surface area contributed by atoms with Crippen LogP contribution < -0.4 is 10.6 Å². The highest BCUT2D eigenvalue weighted by molar-refractivity contribution is 14.0.